The highest BCUT2D eigenvalue weighted by Crippen LogP contribution is 2.13. The zero-order valence-corrected chi connectivity index (χ0v) is 10.5. The molecule has 1 fully saturated rings. The highest BCUT2D eigenvalue weighted by Gasteiger charge is 2.26. The minimum atomic E-state index is -0.434. The molecule has 98 valence electrons. The second-order valence-corrected chi connectivity index (χ2v) is 4.49. The van der Waals surface area contributed by atoms with Gasteiger partial charge in [-0.1, -0.05) is 6.92 Å². The lowest BCUT2D eigenvalue weighted by Gasteiger charge is -2.28. The van der Waals surface area contributed by atoms with E-state index in [1.807, 2.05) is 11.8 Å². The first-order valence-corrected chi connectivity index (χ1v) is 6.33. The van der Waals surface area contributed by atoms with E-state index in [0.717, 1.165) is 32.5 Å². The van der Waals surface area contributed by atoms with Crippen LogP contribution in [0.1, 0.15) is 30.1 Å². The maximum Gasteiger partial charge on any atom is 0.335 e. The van der Waals surface area contributed by atoms with Crippen LogP contribution in [0.5, 0.6) is 0 Å². The Balaban J connectivity index is 2.16. The fraction of sp³-hybridized carbons (Fsp3) is 0.538. The molecule has 18 heavy (non-hydrogen) atoms. The molecule has 1 saturated heterocycles. The van der Waals surface area contributed by atoms with E-state index in [4.69, 9.17) is 4.42 Å². The van der Waals surface area contributed by atoms with Gasteiger partial charge < -0.3 is 14.6 Å². The summed E-state index contributed by atoms with van der Waals surface area (Å²) >= 11 is 0. The van der Waals surface area contributed by atoms with Gasteiger partial charge >= 0.3 is 5.63 Å². The van der Waals surface area contributed by atoms with E-state index in [1.165, 1.54) is 18.4 Å². The topological polar surface area (TPSA) is 62.6 Å². The van der Waals surface area contributed by atoms with Crippen LogP contribution in [0.25, 0.3) is 0 Å². The van der Waals surface area contributed by atoms with Crippen molar-refractivity contribution in [2.45, 2.75) is 25.8 Å². The summed E-state index contributed by atoms with van der Waals surface area (Å²) in [5.74, 6) is -0.0608. The van der Waals surface area contributed by atoms with E-state index in [2.05, 4.69) is 5.32 Å². The monoisotopic (exact) mass is 250 g/mol. The summed E-state index contributed by atoms with van der Waals surface area (Å²) in [6.07, 6.45) is 3.14. The second-order valence-electron chi connectivity index (χ2n) is 4.49. The van der Waals surface area contributed by atoms with E-state index in [9.17, 15) is 9.59 Å². The lowest BCUT2D eigenvalue weighted by Crippen LogP contribution is -2.42. The van der Waals surface area contributed by atoms with E-state index in [-0.39, 0.29) is 11.9 Å². The van der Waals surface area contributed by atoms with Crippen LogP contribution in [0, 0.1) is 0 Å². The standard InChI is InChI=1S/C13H18N2O3/c1-2-7-15(11-5-6-14-8-11)13(17)10-3-4-12(16)18-9-10/h3-4,9,11,14H,2,5-8H2,1H3. The molecule has 1 amide bonds. The van der Waals surface area contributed by atoms with Crippen molar-refractivity contribution in [3.05, 3.63) is 34.4 Å². The van der Waals surface area contributed by atoms with Gasteiger partial charge in [0.2, 0.25) is 0 Å². The van der Waals surface area contributed by atoms with Gasteiger partial charge in [0.25, 0.3) is 5.91 Å². The van der Waals surface area contributed by atoms with Crippen LogP contribution in [-0.2, 0) is 0 Å². The number of nitrogens with one attached hydrogen (secondary N) is 1. The van der Waals surface area contributed by atoms with Gasteiger partial charge in [-0.25, -0.2) is 4.79 Å². The first-order valence-electron chi connectivity index (χ1n) is 6.33. The Kier molecular flexibility index (Phi) is 4.15. The van der Waals surface area contributed by atoms with Gasteiger partial charge in [0.1, 0.15) is 6.26 Å². The third-order valence-electron chi connectivity index (χ3n) is 3.15. The molecule has 1 aliphatic heterocycles. The third kappa shape index (κ3) is 2.79. The van der Waals surface area contributed by atoms with Crippen LogP contribution in [0.2, 0.25) is 0 Å². The molecule has 1 aromatic heterocycles. The molecule has 0 saturated carbocycles. The Morgan fingerprint density at radius 3 is 2.94 bits per heavy atom. The summed E-state index contributed by atoms with van der Waals surface area (Å²) in [6.45, 7) is 4.56. The summed E-state index contributed by atoms with van der Waals surface area (Å²) in [5, 5.41) is 3.26. The van der Waals surface area contributed by atoms with Gasteiger partial charge in [-0.05, 0) is 25.5 Å². The van der Waals surface area contributed by atoms with Crippen molar-refractivity contribution in [1.82, 2.24) is 10.2 Å². The molecule has 1 atom stereocenters. The zero-order valence-electron chi connectivity index (χ0n) is 10.5. The number of nitrogens with zero attached hydrogens (tertiary/aromatic N) is 1. The predicted molar refractivity (Wildman–Crippen MR) is 67.6 cm³/mol. The normalized spacial score (nSPS) is 18.8. The first-order chi connectivity index (χ1) is 8.72. The largest absolute Gasteiger partial charge is 0.430 e. The minimum absolute atomic E-state index is 0.0608. The number of amides is 1. The van der Waals surface area contributed by atoms with Crippen molar-refractivity contribution >= 4 is 5.91 Å². The number of carbonyl (C=O) groups excluding carboxylic acids is 1. The maximum atomic E-state index is 12.4. The molecular weight excluding hydrogens is 232 g/mol. The SMILES string of the molecule is CCCN(C(=O)c1ccc(=O)oc1)C1CCNC1. The molecular formula is C13H18N2O3. The molecule has 1 N–H and O–H groups in total. The van der Waals surface area contributed by atoms with Crippen molar-refractivity contribution in [3.63, 3.8) is 0 Å². The molecule has 0 bridgehead atoms. The van der Waals surface area contributed by atoms with E-state index in [1.54, 1.807) is 0 Å². The summed E-state index contributed by atoms with van der Waals surface area (Å²) in [6, 6.07) is 3.05. The number of rotatable bonds is 4. The lowest BCUT2D eigenvalue weighted by molar-refractivity contribution is 0.0689. The van der Waals surface area contributed by atoms with Crippen LogP contribution < -0.4 is 10.9 Å². The maximum absolute atomic E-state index is 12.4. The van der Waals surface area contributed by atoms with E-state index < -0.39 is 5.63 Å². The van der Waals surface area contributed by atoms with Crippen LogP contribution in [0.15, 0.2) is 27.6 Å². The average molecular weight is 250 g/mol. The molecule has 0 radical (unpaired) electrons. The quantitative estimate of drug-likeness (QED) is 0.860. The fourth-order valence-corrected chi connectivity index (χ4v) is 2.24. The molecule has 2 rings (SSSR count). The molecule has 0 spiro atoms. The smallest absolute Gasteiger partial charge is 0.335 e. The first kappa shape index (κ1) is 12.8. The Hall–Kier alpha value is -1.62. The molecule has 1 aromatic rings. The van der Waals surface area contributed by atoms with Gasteiger partial charge in [0.05, 0.1) is 5.56 Å². The van der Waals surface area contributed by atoms with E-state index >= 15 is 0 Å². The highest BCUT2D eigenvalue weighted by atomic mass is 16.4. The van der Waals surface area contributed by atoms with Crippen LogP contribution in [-0.4, -0.2) is 36.5 Å². The van der Waals surface area contributed by atoms with Gasteiger partial charge in [-0.3, -0.25) is 4.79 Å². The molecule has 0 aromatic carbocycles. The third-order valence-corrected chi connectivity index (χ3v) is 3.15. The Bertz CT molecular complexity index is 443. The summed E-state index contributed by atoms with van der Waals surface area (Å²) in [4.78, 5) is 25.1. The molecule has 1 aliphatic rings. The van der Waals surface area contributed by atoms with Gasteiger partial charge in [0, 0.05) is 25.2 Å². The van der Waals surface area contributed by atoms with Gasteiger partial charge in [-0.15, -0.1) is 0 Å². The predicted octanol–water partition coefficient (Wildman–Crippen LogP) is 0.854. The van der Waals surface area contributed by atoms with Gasteiger partial charge in [0.15, 0.2) is 0 Å². The van der Waals surface area contributed by atoms with Crippen molar-refractivity contribution in [2.75, 3.05) is 19.6 Å². The van der Waals surface area contributed by atoms with Gasteiger partial charge in [-0.2, -0.15) is 0 Å². The van der Waals surface area contributed by atoms with Crippen LogP contribution in [0.4, 0.5) is 0 Å². The highest BCUT2D eigenvalue weighted by molar-refractivity contribution is 5.94. The Labute approximate surface area is 106 Å². The summed E-state index contributed by atoms with van der Waals surface area (Å²) in [5.41, 5.74) is 0.00562. The fourth-order valence-electron chi connectivity index (χ4n) is 2.24. The Morgan fingerprint density at radius 2 is 2.39 bits per heavy atom. The minimum Gasteiger partial charge on any atom is -0.430 e. The molecule has 2 heterocycles. The molecule has 1 unspecified atom stereocenters. The Morgan fingerprint density at radius 1 is 1.56 bits per heavy atom. The lowest BCUT2D eigenvalue weighted by atomic mass is 10.1. The average Bonchev–Trinajstić information content (AvgIpc) is 2.90. The molecule has 5 heteroatoms. The van der Waals surface area contributed by atoms with E-state index in [0.29, 0.717) is 5.56 Å². The second kappa shape index (κ2) is 5.82. The van der Waals surface area contributed by atoms with Crippen molar-refractivity contribution in [2.24, 2.45) is 0 Å². The molecule has 0 aliphatic carbocycles. The number of hydrogen-bond donors (Lipinski definition) is 1. The summed E-state index contributed by atoms with van der Waals surface area (Å²) in [7, 11) is 0. The number of hydrogen-bond acceptors (Lipinski definition) is 4. The van der Waals surface area contributed by atoms with Crippen molar-refractivity contribution in [1.29, 1.82) is 0 Å². The van der Waals surface area contributed by atoms with Crippen LogP contribution in [0.3, 0.4) is 0 Å². The van der Waals surface area contributed by atoms with Crippen LogP contribution >= 0.6 is 0 Å². The zero-order chi connectivity index (χ0) is 13.0. The summed E-state index contributed by atoms with van der Waals surface area (Å²) < 4.78 is 4.75. The van der Waals surface area contributed by atoms with Crippen molar-refractivity contribution in [3.8, 4) is 0 Å². The number of carbonyl (C=O) groups is 1. The molecule has 5 nitrogen and oxygen atoms in total. The van der Waals surface area contributed by atoms with Crippen molar-refractivity contribution < 1.29 is 9.21 Å².